The molecule has 0 spiro atoms. The number of pyridine rings is 1. The maximum Gasteiger partial charge on any atom is 0.337 e. The third-order valence-corrected chi connectivity index (χ3v) is 2.59. The molecule has 4 nitrogen and oxygen atoms in total. The number of nitrogens with zero attached hydrogens (tertiary/aromatic N) is 2. The van der Waals surface area contributed by atoms with Gasteiger partial charge >= 0.3 is 5.97 Å². The van der Waals surface area contributed by atoms with Crippen LogP contribution in [-0.2, 0) is 0 Å². The first kappa shape index (κ1) is 13.2. The molecule has 1 aromatic heterocycles. The van der Waals surface area contributed by atoms with Crippen molar-refractivity contribution in [2.45, 2.75) is 19.8 Å². The highest BCUT2D eigenvalue weighted by molar-refractivity contribution is 5.89. The van der Waals surface area contributed by atoms with Gasteiger partial charge in [0, 0.05) is 13.6 Å². The molecule has 0 aromatic carbocycles. The van der Waals surface area contributed by atoms with E-state index in [2.05, 4.69) is 11.6 Å². The Morgan fingerprint density at radius 1 is 1.59 bits per heavy atom. The van der Waals surface area contributed by atoms with E-state index in [1.807, 2.05) is 18.0 Å². The van der Waals surface area contributed by atoms with Gasteiger partial charge in [-0.3, -0.25) is 0 Å². The first-order valence-electron chi connectivity index (χ1n) is 5.59. The Morgan fingerprint density at radius 2 is 2.29 bits per heavy atom. The molecule has 1 rings (SSSR count). The maximum atomic E-state index is 10.8. The van der Waals surface area contributed by atoms with Gasteiger partial charge in [-0.05, 0) is 31.9 Å². The summed E-state index contributed by atoms with van der Waals surface area (Å²) >= 11 is 0. The van der Waals surface area contributed by atoms with E-state index in [9.17, 15) is 4.79 Å². The van der Waals surface area contributed by atoms with E-state index in [0.29, 0.717) is 5.69 Å². The molecule has 1 N–H and O–H groups in total. The number of aromatic nitrogens is 1. The molecule has 0 aliphatic rings. The van der Waals surface area contributed by atoms with Gasteiger partial charge in [-0.15, -0.1) is 6.58 Å². The first-order chi connectivity index (χ1) is 8.06. The lowest BCUT2D eigenvalue weighted by Gasteiger charge is -2.18. The summed E-state index contributed by atoms with van der Waals surface area (Å²) in [6.45, 7) is 6.27. The van der Waals surface area contributed by atoms with Crippen molar-refractivity contribution in [1.82, 2.24) is 4.98 Å². The molecule has 0 bridgehead atoms. The molecule has 92 valence electrons. The monoisotopic (exact) mass is 234 g/mol. The first-order valence-corrected chi connectivity index (χ1v) is 5.59. The van der Waals surface area contributed by atoms with E-state index < -0.39 is 5.97 Å². The Morgan fingerprint density at radius 3 is 2.82 bits per heavy atom. The van der Waals surface area contributed by atoms with Crippen molar-refractivity contribution in [1.29, 1.82) is 0 Å². The molecule has 0 unspecified atom stereocenters. The largest absolute Gasteiger partial charge is 0.478 e. The van der Waals surface area contributed by atoms with Crippen molar-refractivity contribution in [3.8, 4) is 0 Å². The van der Waals surface area contributed by atoms with Gasteiger partial charge in [0.15, 0.2) is 0 Å². The van der Waals surface area contributed by atoms with E-state index >= 15 is 0 Å². The Bertz CT molecular complexity index is 416. The highest BCUT2D eigenvalue weighted by Gasteiger charge is 2.10. The van der Waals surface area contributed by atoms with E-state index in [-0.39, 0.29) is 5.56 Å². The molecule has 0 saturated heterocycles. The Balaban J connectivity index is 2.75. The van der Waals surface area contributed by atoms with Gasteiger partial charge in [0.2, 0.25) is 0 Å². The number of hydrogen-bond acceptors (Lipinski definition) is 3. The fourth-order valence-electron chi connectivity index (χ4n) is 1.57. The Labute approximate surface area is 102 Å². The summed E-state index contributed by atoms with van der Waals surface area (Å²) in [5.41, 5.74) is 0.804. The van der Waals surface area contributed by atoms with Crippen LogP contribution in [0.1, 0.15) is 28.9 Å². The number of carboxylic acid groups (broad SMARTS) is 1. The molecule has 1 aromatic rings. The highest BCUT2D eigenvalue weighted by Crippen LogP contribution is 2.14. The minimum absolute atomic E-state index is 0.258. The van der Waals surface area contributed by atoms with Gasteiger partial charge in [0.05, 0.1) is 11.3 Å². The highest BCUT2D eigenvalue weighted by atomic mass is 16.4. The molecule has 17 heavy (non-hydrogen) atoms. The van der Waals surface area contributed by atoms with Crippen molar-refractivity contribution in [3.63, 3.8) is 0 Å². The minimum atomic E-state index is -0.934. The molecule has 4 heteroatoms. The second-order valence-electron chi connectivity index (χ2n) is 3.96. The Hall–Kier alpha value is -1.84. The van der Waals surface area contributed by atoms with Crippen LogP contribution >= 0.6 is 0 Å². The number of hydrogen-bond donors (Lipinski definition) is 1. The smallest absolute Gasteiger partial charge is 0.337 e. The molecular weight excluding hydrogens is 216 g/mol. The molecule has 0 atom stereocenters. The predicted octanol–water partition coefficient (Wildman–Crippen LogP) is 2.49. The van der Waals surface area contributed by atoms with Crippen LogP contribution in [0.25, 0.3) is 0 Å². The SMILES string of the molecule is C=CCCCN(C)c1ccc(C(=O)O)c(C)n1. The summed E-state index contributed by atoms with van der Waals surface area (Å²) < 4.78 is 0. The Kier molecular flexibility index (Phi) is 4.69. The molecule has 0 fully saturated rings. The van der Waals surface area contributed by atoms with Crippen LogP contribution in [0.4, 0.5) is 5.82 Å². The van der Waals surface area contributed by atoms with Crippen LogP contribution < -0.4 is 4.90 Å². The summed E-state index contributed by atoms with van der Waals surface area (Å²) in [5, 5.41) is 8.90. The fourth-order valence-corrected chi connectivity index (χ4v) is 1.57. The zero-order chi connectivity index (χ0) is 12.8. The second kappa shape index (κ2) is 6.03. The van der Waals surface area contributed by atoms with Crippen LogP contribution in [0.2, 0.25) is 0 Å². The van der Waals surface area contributed by atoms with Crippen LogP contribution in [0.15, 0.2) is 24.8 Å². The summed E-state index contributed by atoms with van der Waals surface area (Å²) in [6.07, 6.45) is 3.87. The zero-order valence-corrected chi connectivity index (χ0v) is 10.3. The number of anilines is 1. The zero-order valence-electron chi connectivity index (χ0n) is 10.3. The molecular formula is C13H18N2O2. The van der Waals surface area contributed by atoms with E-state index in [4.69, 9.17) is 5.11 Å². The normalized spacial score (nSPS) is 10.0. The maximum absolute atomic E-state index is 10.8. The number of allylic oxidation sites excluding steroid dienone is 1. The summed E-state index contributed by atoms with van der Waals surface area (Å²) in [4.78, 5) is 17.2. The molecule has 0 radical (unpaired) electrons. The summed E-state index contributed by atoms with van der Waals surface area (Å²) in [7, 11) is 1.95. The van der Waals surface area contributed by atoms with Gasteiger partial charge in [-0.2, -0.15) is 0 Å². The number of unbranched alkanes of at least 4 members (excludes halogenated alkanes) is 1. The standard InChI is InChI=1S/C13H18N2O2/c1-4-5-6-9-15(3)12-8-7-11(13(16)17)10(2)14-12/h4,7-8H,1,5-6,9H2,2-3H3,(H,16,17). The molecule has 0 aliphatic carbocycles. The van der Waals surface area contributed by atoms with Crippen molar-refractivity contribution in [2.75, 3.05) is 18.5 Å². The predicted molar refractivity (Wildman–Crippen MR) is 68.6 cm³/mol. The lowest BCUT2D eigenvalue weighted by Crippen LogP contribution is -2.20. The lowest BCUT2D eigenvalue weighted by molar-refractivity contribution is 0.0695. The third kappa shape index (κ3) is 3.59. The van der Waals surface area contributed by atoms with Gasteiger partial charge in [-0.1, -0.05) is 6.08 Å². The van der Waals surface area contributed by atoms with Gasteiger partial charge < -0.3 is 10.0 Å². The third-order valence-electron chi connectivity index (χ3n) is 2.59. The van der Waals surface area contributed by atoms with Crippen molar-refractivity contribution < 1.29 is 9.90 Å². The molecule has 1 heterocycles. The van der Waals surface area contributed by atoms with Gasteiger partial charge in [0.1, 0.15) is 5.82 Å². The van der Waals surface area contributed by atoms with Gasteiger partial charge in [0.25, 0.3) is 0 Å². The van der Waals surface area contributed by atoms with Crippen LogP contribution in [0.5, 0.6) is 0 Å². The molecule has 0 amide bonds. The number of carboxylic acids is 1. The van der Waals surface area contributed by atoms with E-state index in [0.717, 1.165) is 25.2 Å². The van der Waals surface area contributed by atoms with E-state index in [1.54, 1.807) is 19.1 Å². The molecule has 0 saturated carbocycles. The van der Waals surface area contributed by atoms with Crippen LogP contribution in [-0.4, -0.2) is 29.7 Å². The topological polar surface area (TPSA) is 53.4 Å². The molecule has 0 aliphatic heterocycles. The van der Waals surface area contributed by atoms with Crippen molar-refractivity contribution in [2.24, 2.45) is 0 Å². The number of rotatable bonds is 6. The van der Waals surface area contributed by atoms with Crippen LogP contribution in [0.3, 0.4) is 0 Å². The van der Waals surface area contributed by atoms with Gasteiger partial charge in [-0.25, -0.2) is 9.78 Å². The summed E-state index contributed by atoms with van der Waals surface area (Å²) in [6, 6.07) is 3.34. The average Bonchev–Trinajstić information content (AvgIpc) is 2.28. The second-order valence-corrected chi connectivity index (χ2v) is 3.96. The average molecular weight is 234 g/mol. The fraction of sp³-hybridized carbons (Fsp3) is 0.385. The van der Waals surface area contributed by atoms with E-state index in [1.165, 1.54) is 0 Å². The van der Waals surface area contributed by atoms with Crippen LogP contribution in [0, 0.1) is 6.92 Å². The van der Waals surface area contributed by atoms with Crippen molar-refractivity contribution in [3.05, 3.63) is 36.0 Å². The number of carbonyl (C=O) groups is 1. The number of aromatic carboxylic acids is 1. The lowest BCUT2D eigenvalue weighted by atomic mass is 10.2. The van der Waals surface area contributed by atoms with Crippen molar-refractivity contribution >= 4 is 11.8 Å². The minimum Gasteiger partial charge on any atom is -0.478 e. The number of aryl methyl sites for hydroxylation is 1. The summed E-state index contributed by atoms with van der Waals surface area (Å²) in [5.74, 6) is -0.132. The quantitative estimate of drug-likeness (QED) is 0.607.